The van der Waals surface area contributed by atoms with Gasteiger partial charge in [0.25, 0.3) is 0 Å². The highest BCUT2D eigenvalue weighted by Gasteiger charge is 2.60. The summed E-state index contributed by atoms with van der Waals surface area (Å²) in [5.74, 6) is -1.38. The van der Waals surface area contributed by atoms with Crippen molar-refractivity contribution in [1.82, 2.24) is 0 Å². The molecule has 1 N–H and O–H groups in total. The van der Waals surface area contributed by atoms with Crippen molar-refractivity contribution < 1.29 is 14.3 Å². The van der Waals surface area contributed by atoms with Gasteiger partial charge in [-0.2, -0.15) is 0 Å². The first kappa shape index (κ1) is 8.24. The van der Waals surface area contributed by atoms with E-state index in [0.29, 0.717) is 6.33 Å². The van der Waals surface area contributed by atoms with Gasteiger partial charge in [-0.05, 0) is 11.3 Å². The van der Waals surface area contributed by atoms with Crippen molar-refractivity contribution in [2.45, 2.75) is 13.8 Å². The van der Waals surface area contributed by atoms with Crippen molar-refractivity contribution in [1.29, 1.82) is 0 Å². The van der Waals surface area contributed by atoms with Crippen LogP contribution in [0.15, 0.2) is 12.4 Å². The number of hydrogen-bond donors (Lipinski definition) is 1. The minimum absolute atomic E-state index is 0.134. The van der Waals surface area contributed by atoms with Crippen molar-refractivity contribution in [3.05, 3.63) is 12.4 Å². The molecule has 0 spiro atoms. The van der Waals surface area contributed by atoms with E-state index in [4.69, 9.17) is 5.11 Å². The second-order valence-electron chi connectivity index (χ2n) is 3.48. The maximum Gasteiger partial charge on any atom is 0.307 e. The van der Waals surface area contributed by atoms with Crippen LogP contribution < -0.4 is 0 Å². The Morgan fingerprint density at radius 2 is 2.18 bits per heavy atom. The van der Waals surface area contributed by atoms with Crippen LogP contribution in [0.3, 0.4) is 0 Å². The van der Waals surface area contributed by atoms with Gasteiger partial charge in [0.1, 0.15) is 0 Å². The number of aliphatic carboxylic acids is 1. The van der Waals surface area contributed by atoms with Crippen molar-refractivity contribution in [2.24, 2.45) is 17.3 Å². The number of carboxylic acid groups (broad SMARTS) is 1. The van der Waals surface area contributed by atoms with Crippen molar-refractivity contribution in [3.8, 4) is 0 Å². The van der Waals surface area contributed by atoms with Crippen LogP contribution in [-0.2, 0) is 4.79 Å². The third-order valence-electron chi connectivity index (χ3n) is 2.46. The quantitative estimate of drug-likeness (QED) is 0.665. The Morgan fingerprint density at radius 3 is 2.45 bits per heavy atom. The minimum Gasteiger partial charge on any atom is -0.481 e. The Balaban J connectivity index is 2.68. The zero-order valence-electron chi connectivity index (χ0n) is 6.54. The Morgan fingerprint density at radius 1 is 1.64 bits per heavy atom. The number of allylic oxidation sites excluding steroid dienone is 1. The molecular weight excluding hydrogens is 147 g/mol. The maximum atomic E-state index is 11.7. The average molecular weight is 158 g/mol. The standard InChI is InChI=1S/C8H11FO2/c1-8(2)5(3-4-9)6(8)7(10)11/h3-6H,1-2H3,(H,10,11)/b4-3+/t5-,6+/m1/s1. The molecule has 0 aliphatic heterocycles. The van der Waals surface area contributed by atoms with Gasteiger partial charge in [0.15, 0.2) is 0 Å². The Hall–Kier alpha value is -0.860. The van der Waals surface area contributed by atoms with E-state index in [1.54, 1.807) is 0 Å². The van der Waals surface area contributed by atoms with Crippen LogP contribution in [0.1, 0.15) is 13.8 Å². The van der Waals surface area contributed by atoms with Crippen molar-refractivity contribution >= 4 is 5.97 Å². The fourth-order valence-electron chi connectivity index (χ4n) is 1.59. The molecule has 3 heteroatoms. The van der Waals surface area contributed by atoms with E-state index in [9.17, 15) is 9.18 Å². The van der Waals surface area contributed by atoms with E-state index in [1.165, 1.54) is 6.08 Å². The SMILES string of the molecule is CC1(C)[C@H](/C=C/F)[C@H]1C(=O)O. The van der Waals surface area contributed by atoms with E-state index in [2.05, 4.69) is 0 Å². The first-order valence-electron chi connectivity index (χ1n) is 3.51. The molecule has 1 aliphatic carbocycles. The lowest BCUT2D eigenvalue weighted by molar-refractivity contribution is -0.139. The molecule has 2 atom stereocenters. The van der Waals surface area contributed by atoms with Gasteiger partial charge in [-0.25, -0.2) is 4.39 Å². The molecule has 11 heavy (non-hydrogen) atoms. The van der Waals surface area contributed by atoms with Gasteiger partial charge in [-0.3, -0.25) is 4.79 Å². The number of carboxylic acids is 1. The fraction of sp³-hybridized carbons (Fsp3) is 0.625. The maximum absolute atomic E-state index is 11.7. The van der Waals surface area contributed by atoms with Gasteiger partial charge in [-0.1, -0.05) is 19.9 Å². The molecule has 0 radical (unpaired) electrons. The topological polar surface area (TPSA) is 37.3 Å². The molecule has 0 aromatic heterocycles. The van der Waals surface area contributed by atoms with E-state index < -0.39 is 11.9 Å². The smallest absolute Gasteiger partial charge is 0.307 e. The predicted octanol–water partition coefficient (Wildman–Crippen LogP) is 1.83. The van der Waals surface area contributed by atoms with E-state index in [1.807, 2.05) is 13.8 Å². The summed E-state index contributed by atoms with van der Waals surface area (Å²) in [5, 5.41) is 8.63. The van der Waals surface area contributed by atoms with E-state index in [0.717, 1.165) is 0 Å². The molecule has 2 nitrogen and oxygen atoms in total. The average Bonchev–Trinajstić information content (AvgIpc) is 2.35. The normalized spacial score (nSPS) is 34.1. The number of halogens is 1. The van der Waals surface area contributed by atoms with Gasteiger partial charge in [0.2, 0.25) is 0 Å². The molecule has 1 aliphatic rings. The van der Waals surface area contributed by atoms with Gasteiger partial charge >= 0.3 is 5.97 Å². The molecule has 0 heterocycles. The lowest BCUT2D eigenvalue weighted by atomic mass is 10.1. The number of rotatable bonds is 2. The molecule has 1 fully saturated rings. The predicted molar refractivity (Wildman–Crippen MR) is 38.6 cm³/mol. The van der Waals surface area contributed by atoms with Crippen LogP contribution in [0.5, 0.6) is 0 Å². The summed E-state index contributed by atoms with van der Waals surface area (Å²) in [5.41, 5.74) is -0.269. The fourth-order valence-corrected chi connectivity index (χ4v) is 1.59. The monoisotopic (exact) mass is 158 g/mol. The molecule has 1 rings (SSSR count). The van der Waals surface area contributed by atoms with Gasteiger partial charge < -0.3 is 5.11 Å². The highest BCUT2D eigenvalue weighted by atomic mass is 19.1. The van der Waals surface area contributed by atoms with Crippen molar-refractivity contribution in [2.75, 3.05) is 0 Å². The highest BCUT2D eigenvalue weighted by Crippen LogP contribution is 2.58. The Bertz CT molecular complexity index is 208. The number of hydrogen-bond acceptors (Lipinski definition) is 1. The highest BCUT2D eigenvalue weighted by molar-refractivity contribution is 5.76. The largest absolute Gasteiger partial charge is 0.481 e. The summed E-state index contributed by atoms with van der Waals surface area (Å²) in [4.78, 5) is 10.5. The molecule has 0 amide bonds. The molecule has 0 unspecified atom stereocenters. The third kappa shape index (κ3) is 1.15. The van der Waals surface area contributed by atoms with E-state index in [-0.39, 0.29) is 11.3 Å². The van der Waals surface area contributed by atoms with Crippen LogP contribution in [0.25, 0.3) is 0 Å². The molecule has 0 bridgehead atoms. The first-order chi connectivity index (χ1) is 5.01. The van der Waals surface area contributed by atoms with Crippen LogP contribution in [0.4, 0.5) is 4.39 Å². The zero-order valence-corrected chi connectivity index (χ0v) is 6.54. The minimum atomic E-state index is -0.835. The molecule has 0 saturated heterocycles. The summed E-state index contributed by atoms with van der Waals surface area (Å²) in [6, 6.07) is 0. The van der Waals surface area contributed by atoms with Crippen LogP contribution in [-0.4, -0.2) is 11.1 Å². The Kier molecular flexibility index (Phi) is 1.74. The molecule has 1 saturated carbocycles. The summed E-state index contributed by atoms with van der Waals surface area (Å²) in [6.07, 6.45) is 1.74. The molecule has 62 valence electrons. The molecule has 0 aromatic rings. The summed E-state index contributed by atoms with van der Waals surface area (Å²) in [6.45, 7) is 3.66. The summed E-state index contributed by atoms with van der Waals surface area (Å²) < 4.78 is 11.7. The van der Waals surface area contributed by atoms with E-state index >= 15 is 0 Å². The lowest BCUT2D eigenvalue weighted by Crippen LogP contribution is -2.02. The Labute approximate surface area is 64.7 Å². The second kappa shape index (κ2) is 2.32. The van der Waals surface area contributed by atoms with Gasteiger partial charge in [0, 0.05) is 0 Å². The third-order valence-corrected chi connectivity index (χ3v) is 2.46. The van der Waals surface area contributed by atoms with Gasteiger partial charge in [-0.15, -0.1) is 0 Å². The summed E-state index contributed by atoms with van der Waals surface area (Å²) in [7, 11) is 0. The zero-order chi connectivity index (χ0) is 8.65. The summed E-state index contributed by atoms with van der Waals surface area (Å²) >= 11 is 0. The molecule has 0 aromatic carbocycles. The van der Waals surface area contributed by atoms with Crippen LogP contribution in [0.2, 0.25) is 0 Å². The van der Waals surface area contributed by atoms with Crippen LogP contribution >= 0.6 is 0 Å². The molecular formula is C8H11FO2. The first-order valence-corrected chi connectivity index (χ1v) is 3.51. The second-order valence-corrected chi connectivity index (χ2v) is 3.48. The number of carbonyl (C=O) groups is 1. The van der Waals surface area contributed by atoms with Crippen LogP contribution in [0, 0.1) is 17.3 Å². The van der Waals surface area contributed by atoms with Crippen molar-refractivity contribution in [3.63, 3.8) is 0 Å². The van der Waals surface area contributed by atoms with Gasteiger partial charge in [0.05, 0.1) is 12.2 Å². The lowest BCUT2D eigenvalue weighted by Gasteiger charge is -1.95.